The van der Waals surface area contributed by atoms with Crippen molar-refractivity contribution in [3.63, 3.8) is 0 Å². The van der Waals surface area contributed by atoms with Crippen molar-refractivity contribution in [1.82, 2.24) is 4.72 Å². The van der Waals surface area contributed by atoms with Crippen LogP contribution in [-0.4, -0.2) is 21.5 Å². The molecule has 0 bridgehead atoms. The third-order valence-electron chi connectivity index (χ3n) is 2.30. The molecule has 18 heavy (non-hydrogen) atoms. The van der Waals surface area contributed by atoms with Gasteiger partial charge < -0.3 is 5.73 Å². The molecule has 1 rings (SSSR count). The Morgan fingerprint density at radius 1 is 1.39 bits per heavy atom. The first-order chi connectivity index (χ1) is 8.60. The summed E-state index contributed by atoms with van der Waals surface area (Å²) in [6, 6.07) is 6.54. The maximum Gasteiger partial charge on any atom is 0.240 e. The standard InChI is InChI=1S/C13H18N2O2S/c1-2-3-10-15-18(16,17)13-8-4-6-12(11-13)7-5-9-14/h4,6,8,11,15H,2-3,9-10,14H2,1H3. The van der Waals surface area contributed by atoms with Crippen LogP contribution in [0, 0.1) is 11.8 Å². The Balaban J connectivity index is 2.88. The minimum absolute atomic E-state index is 0.238. The third kappa shape index (κ3) is 4.49. The van der Waals surface area contributed by atoms with Crippen molar-refractivity contribution in [3.05, 3.63) is 29.8 Å². The van der Waals surface area contributed by atoms with Gasteiger partial charge in [-0.3, -0.25) is 0 Å². The van der Waals surface area contributed by atoms with E-state index < -0.39 is 10.0 Å². The number of hydrogen-bond acceptors (Lipinski definition) is 3. The molecule has 0 aliphatic carbocycles. The fourth-order valence-corrected chi connectivity index (χ4v) is 2.48. The summed E-state index contributed by atoms with van der Waals surface area (Å²) in [6.07, 6.45) is 1.77. The first-order valence-electron chi connectivity index (χ1n) is 5.89. The van der Waals surface area contributed by atoms with E-state index in [2.05, 4.69) is 16.6 Å². The minimum Gasteiger partial charge on any atom is -0.320 e. The van der Waals surface area contributed by atoms with Crippen molar-refractivity contribution in [2.45, 2.75) is 24.7 Å². The smallest absolute Gasteiger partial charge is 0.240 e. The second kappa shape index (κ2) is 7.17. The predicted molar refractivity (Wildman–Crippen MR) is 72.5 cm³/mol. The fourth-order valence-electron chi connectivity index (χ4n) is 1.36. The molecule has 0 amide bonds. The van der Waals surface area contributed by atoms with Gasteiger partial charge in [0.2, 0.25) is 10.0 Å². The Hall–Kier alpha value is -1.35. The maximum atomic E-state index is 11.9. The average Bonchev–Trinajstić information content (AvgIpc) is 2.37. The summed E-state index contributed by atoms with van der Waals surface area (Å²) in [5.74, 6) is 5.51. The molecule has 0 atom stereocenters. The lowest BCUT2D eigenvalue weighted by molar-refractivity contribution is 0.578. The van der Waals surface area contributed by atoms with Crippen molar-refractivity contribution in [2.24, 2.45) is 5.73 Å². The quantitative estimate of drug-likeness (QED) is 0.618. The van der Waals surface area contributed by atoms with E-state index in [1.165, 1.54) is 0 Å². The molecule has 0 saturated carbocycles. The zero-order valence-electron chi connectivity index (χ0n) is 10.4. The molecule has 0 heterocycles. The van der Waals surface area contributed by atoms with Gasteiger partial charge >= 0.3 is 0 Å². The minimum atomic E-state index is -3.43. The topological polar surface area (TPSA) is 72.2 Å². The van der Waals surface area contributed by atoms with Gasteiger partial charge in [0.05, 0.1) is 11.4 Å². The maximum absolute atomic E-state index is 11.9. The summed E-state index contributed by atoms with van der Waals surface area (Å²) in [4.78, 5) is 0.238. The van der Waals surface area contributed by atoms with Gasteiger partial charge in [0.1, 0.15) is 0 Å². The number of benzene rings is 1. The molecular weight excluding hydrogens is 248 g/mol. The van der Waals surface area contributed by atoms with E-state index in [9.17, 15) is 8.42 Å². The van der Waals surface area contributed by atoms with Gasteiger partial charge in [0.25, 0.3) is 0 Å². The molecule has 0 saturated heterocycles. The highest BCUT2D eigenvalue weighted by atomic mass is 32.2. The number of nitrogens with two attached hydrogens (primary N) is 1. The van der Waals surface area contributed by atoms with E-state index in [1.807, 2.05) is 6.92 Å². The Labute approximate surface area is 109 Å². The second-order valence-electron chi connectivity index (χ2n) is 3.79. The molecule has 1 aromatic rings. The molecule has 0 unspecified atom stereocenters. The summed E-state index contributed by atoms with van der Waals surface area (Å²) >= 11 is 0. The van der Waals surface area contributed by atoms with Gasteiger partial charge in [-0.15, -0.1) is 0 Å². The summed E-state index contributed by atoms with van der Waals surface area (Å²) < 4.78 is 26.5. The average molecular weight is 266 g/mol. The van der Waals surface area contributed by atoms with Gasteiger partial charge in [-0.05, 0) is 24.6 Å². The Kier molecular flexibility index (Phi) is 5.86. The summed E-state index contributed by atoms with van der Waals surface area (Å²) in [7, 11) is -3.43. The van der Waals surface area contributed by atoms with E-state index in [-0.39, 0.29) is 11.4 Å². The first kappa shape index (κ1) is 14.7. The molecule has 4 nitrogen and oxygen atoms in total. The lowest BCUT2D eigenvalue weighted by Gasteiger charge is -2.06. The number of rotatable bonds is 5. The summed E-state index contributed by atoms with van der Waals surface area (Å²) in [5.41, 5.74) is 5.93. The monoisotopic (exact) mass is 266 g/mol. The molecule has 3 N–H and O–H groups in total. The number of unbranched alkanes of at least 4 members (excludes halogenated alkanes) is 1. The van der Waals surface area contributed by atoms with Crippen molar-refractivity contribution in [3.8, 4) is 11.8 Å². The molecule has 98 valence electrons. The van der Waals surface area contributed by atoms with Crippen LogP contribution in [0.3, 0.4) is 0 Å². The van der Waals surface area contributed by atoms with E-state index in [1.54, 1.807) is 24.3 Å². The van der Waals surface area contributed by atoms with Crippen LogP contribution in [0.1, 0.15) is 25.3 Å². The van der Waals surface area contributed by atoms with Crippen LogP contribution in [0.5, 0.6) is 0 Å². The van der Waals surface area contributed by atoms with Crippen LogP contribution < -0.4 is 10.5 Å². The van der Waals surface area contributed by atoms with Crippen LogP contribution in [0.15, 0.2) is 29.2 Å². The zero-order chi connectivity index (χ0) is 13.4. The van der Waals surface area contributed by atoms with Gasteiger partial charge in [-0.25, -0.2) is 13.1 Å². The van der Waals surface area contributed by atoms with Crippen LogP contribution >= 0.6 is 0 Å². The molecule has 0 aliphatic heterocycles. The summed E-state index contributed by atoms with van der Waals surface area (Å²) in [6.45, 7) is 2.72. The van der Waals surface area contributed by atoms with Crippen molar-refractivity contribution >= 4 is 10.0 Å². The Morgan fingerprint density at radius 3 is 2.83 bits per heavy atom. The van der Waals surface area contributed by atoms with Crippen LogP contribution in [0.25, 0.3) is 0 Å². The molecule has 1 aromatic carbocycles. The van der Waals surface area contributed by atoms with Gasteiger partial charge in [-0.2, -0.15) is 0 Å². The van der Waals surface area contributed by atoms with Gasteiger partial charge in [-0.1, -0.05) is 31.3 Å². The van der Waals surface area contributed by atoms with Crippen molar-refractivity contribution in [1.29, 1.82) is 0 Å². The van der Waals surface area contributed by atoms with E-state index in [4.69, 9.17) is 5.73 Å². The lowest BCUT2D eigenvalue weighted by Crippen LogP contribution is -2.24. The highest BCUT2D eigenvalue weighted by molar-refractivity contribution is 7.89. The Bertz CT molecular complexity index is 542. The van der Waals surface area contributed by atoms with Crippen molar-refractivity contribution in [2.75, 3.05) is 13.1 Å². The van der Waals surface area contributed by atoms with Gasteiger partial charge in [0, 0.05) is 12.1 Å². The normalized spacial score (nSPS) is 10.8. The molecule has 0 spiro atoms. The number of nitrogens with one attached hydrogen (secondary N) is 1. The third-order valence-corrected chi connectivity index (χ3v) is 3.76. The SMILES string of the molecule is CCCCNS(=O)(=O)c1cccc(C#CCN)c1. The van der Waals surface area contributed by atoms with Gasteiger partial charge in [0.15, 0.2) is 0 Å². The highest BCUT2D eigenvalue weighted by Gasteiger charge is 2.12. The largest absolute Gasteiger partial charge is 0.320 e. The number of sulfonamides is 1. The molecule has 0 aliphatic rings. The fraction of sp³-hybridized carbons (Fsp3) is 0.385. The highest BCUT2D eigenvalue weighted by Crippen LogP contribution is 2.10. The van der Waals surface area contributed by atoms with E-state index in [0.29, 0.717) is 12.1 Å². The van der Waals surface area contributed by atoms with Crippen LogP contribution in [0.2, 0.25) is 0 Å². The Morgan fingerprint density at radius 2 is 2.17 bits per heavy atom. The van der Waals surface area contributed by atoms with E-state index in [0.717, 1.165) is 12.8 Å². The summed E-state index contributed by atoms with van der Waals surface area (Å²) in [5, 5.41) is 0. The second-order valence-corrected chi connectivity index (χ2v) is 5.55. The molecule has 0 fully saturated rings. The molecule has 0 aromatic heterocycles. The molecule has 5 heteroatoms. The van der Waals surface area contributed by atoms with Crippen molar-refractivity contribution < 1.29 is 8.42 Å². The first-order valence-corrected chi connectivity index (χ1v) is 7.37. The van der Waals surface area contributed by atoms with E-state index >= 15 is 0 Å². The van der Waals surface area contributed by atoms with Crippen LogP contribution in [0.4, 0.5) is 0 Å². The lowest BCUT2D eigenvalue weighted by atomic mass is 10.2. The molecular formula is C13H18N2O2S. The number of hydrogen-bond donors (Lipinski definition) is 2. The molecule has 0 radical (unpaired) electrons. The predicted octanol–water partition coefficient (Wildman–Crippen LogP) is 1.08. The van der Waals surface area contributed by atoms with Crippen LogP contribution in [-0.2, 0) is 10.0 Å². The zero-order valence-corrected chi connectivity index (χ0v) is 11.3.